The minimum atomic E-state index is -0.620. The lowest BCUT2D eigenvalue weighted by molar-refractivity contribution is -0.127. The standard InChI is InChI=1S/C17H27N3O4.ClH/c1-11(2)16(18)17(22)20-10-15(21)19-9-12(3)24-14-8-6-5-7-13(14)23-4;/h5-8,11-12,16H,9-10,18H2,1-4H3,(H,19,21)(H,20,22);1H/t12?,16-;/m0./s1. The molecule has 8 heteroatoms. The quantitative estimate of drug-likeness (QED) is 0.601. The number of hydrogen-bond donors (Lipinski definition) is 3. The summed E-state index contributed by atoms with van der Waals surface area (Å²) < 4.78 is 10.9. The first-order valence-electron chi connectivity index (χ1n) is 7.94. The van der Waals surface area contributed by atoms with Gasteiger partial charge in [-0.2, -0.15) is 0 Å². The van der Waals surface area contributed by atoms with Crippen molar-refractivity contribution in [3.05, 3.63) is 24.3 Å². The number of carbonyl (C=O) groups is 2. The van der Waals surface area contributed by atoms with Crippen LogP contribution in [0.25, 0.3) is 0 Å². The first-order valence-corrected chi connectivity index (χ1v) is 7.94. The molecule has 7 nitrogen and oxygen atoms in total. The number of para-hydroxylation sites is 2. The molecule has 2 atom stereocenters. The average Bonchev–Trinajstić information content (AvgIpc) is 2.57. The van der Waals surface area contributed by atoms with E-state index in [1.165, 1.54) is 0 Å². The van der Waals surface area contributed by atoms with Crippen LogP contribution in [0, 0.1) is 5.92 Å². The highest BCUT2D eigenvalue weighted by Gasteiger charge is 2.17. The molecular formula is C17H28ClN3O4. The Morgan fingerprint density at radius 3 is 2.28 bits per heavy atom. The number of nitrogens with one attached hydrogen (secondary N) is 2. The van der Waals surface area contributed by atoms with E-state index < -0.39 is 6.04 Å². The Bertz CT molecular complexity index is 554. The van der Waals surface area contributed by atoms with Gasteiger partial charge in [0.1, 0.15) is 6.10 Å². The van der Waals surface area contributed by atoms with Crippen LogP contribution in [-0.4, -0.2) is 44.2 Å². The van der Waals surface area contributed by atoms with Gasteiger partial charge in [-0.1, -0.05) is 26.0 Å². The third-order valence-electron chi connectivity index (χ3n) is 3.43. The predicted octanol–water partition coefficient (Wildman–Crippen LogP) is 1.10. The Kier molecular flexibility index (Phi) is 10.6. The molecule has 1 aromatic carbocycles. The fourth-order valence-electron chi connectivity index (χ4n) is 1.88. The van der Waals surface area contributed by atoms with Crippen LogP contribution in [0.3, 0.4) is 0 Å². The normalized spacial score (nSPS) is 12.6. The number of nitrogens with two attached hydrogens (primary N) is 1. The second kappa shape index (κ2) is 11.5. The molecule has 1 aromatic rings. The molecule has 0 radical (unpaired) electrons. The summed E-state index contributed by atoms with van der Waals surface area (Å²) in [5.41, 5.74) is 5.71. The van der Waals surface area contributed by atoms with Crippen molar-refractivity contribution in [2.24, 2.45) is 11.7 Å². The Morgan fingerprint density at radius 1 is 1.12 bits per heavy atom. The van der Waals surface area contributed by atoms with E-state index in [0.717, 1.165) is 0 Å². The molecule has 0 aliphatic rings. The minimum Gasteiger partial charge on any atom is -0.493 e. The topological polar surface area (TPSA) is 103 Å². The maximum absolute atomic E-state index is 11.8. The van der Waals surface area contributed by atoms with Crippen molar-refractivity contribution < 1.29 is 19.1 Å². The van der Waals surface area contributed by atoms with Crippen LogP contribution in [0.15, 0.2) is 24.3 Å². The summed E-state index contributed by atoms with van der Waals surface area (Å²) in [4.78, 5) is 23.5. The maximum atomic E-state index is 11.8. The van der Waals surface area contributed by atoms with Gasteiger partial charge in [0.25, 0.3) is 0 Å². The fraction of sp³-hybridized carbons (Fsp3) is 0.529. The SMILES string of the molecule is COc1ccccc1OC(C)CNC(=O)CNC(=O)[C@@H](N)C(C)C.Cl. The van der Waals surface area contributed by atoms with E-state index in [1.807, 2.05) is 32.9 Å². The van der Waals surface area contributed by atoms with E-state index >= 15 is 0 Å². The zero-order valence-electron chi connectivity index (χ0n) is 15.1. The van der Waals surface area contributed by atoms with Crippen molar-refractivity contribution in [3.8, 4) is 11.5 Å². The van der Waals surface area contributed by atoms with Crippen molar-refractivity contribution in [2.45, 2.75) is 32.9 Å². The van der Waals surface area contributed by atoms with Gasteiger partial charge in [0.15, 0.2) is 11.5 Å². The number of carbonyl (C=O) groups excluding carboxylic acids is 2. The van der Waals surface area contributed by atoms with E-state index in [2.05, 4.69) is 10.6 Å². The smallest absolute Gasteiger partial charge is 0.239 e. The molecule has 25 heavy (non-hydrogen) atoms. The third kappa shape index (κ3) is 8.09. The third-order valence-corrected chi connectivity index (χ3v) is 3.43. The zero-order valence-corrected chi connectivity index (χ0v) is 15.9. The van der Waals surface area contributed by atoms with E-state index in [0.29, 0.717) is 18.0 Å². The van der Waals surface area contributed by atoms with E-state index in [9.17, 15) is 9.59 Å². The molecular weight excluding hydrogens is 346 g/mol. The molecule has 1 unspecified atom stereocenters. The lowest BCUT2D eigenvalue weighted by Gasteiger charge is -2.18. The van der Waals surface area contributed by atoms with Crippen LogP contribution < -0.4 is 25.8 Å². The van der Waals surface area contributed by atoms with E-state index in [-0.39, 0.29) is 42.8 Å². The van der Waals surface area contributed by atoms with Crippen LogP contribution in [0.2, 0.25) is 0 Å². The Balaban J connectivity index is 0.00000576. The molecule has 0 aromatic heterocycles. The fourth-order valence-corrected chi connectivity index (χ4v) is 1.88. The molecule has 0 heterocycles. The van der Waals surface area contributed by atoms with Crippen LogP contribution in [-0.2, 0) is 9.59 Å². The second-order valence-electron chi connectivity index (χ2n) is 5.87. The van der Waals surface area contributed by atoms with Crippen molar-refractivity contribution in [1.82, 2.24) is 10.6 Å². The summed E-state index contributed by atoms with van der Waals surface area (Å²) in [6, 6.07) is 6.67. The van der Waals surface area contributed by atoms with Gasteiger partial charge in [0, 0.05) is 0 Å². The molecule has 2 amide bonds. The predicted molar refractivity (Wildman–Crippen MR) is 99.2 cm³/mol. The van der Waals surface area contributed by atoms with Crippen molar-refractivity contribution >= 4 is 24.2 Å². The number of hydrogen-bond acceptors (Lipinski definition) is 5. The summed E-state index contributed by atoms with van der Waals surface area (Å²) in [5.74, 6) is 0.624. The molecule has 0 saturated heterocycles. The van der Waals surface area contributed by atoms with E-state index in [4.69, 9.17) is 15.2 Å². The van der Waals surface area contributed by atoms with Gasteiger partial charge in [0.2, 0.25) is 11.8 Å². The highest BCUT2D eigenvalue weighted by Crippen LogP contribution is 2.26. The number of ether oxygens (including phenoxy) is 2. The minimum absolute atomic E-state index is 0. The molecule has 0 spiro atoms. The zero-order chi connectivity index (χ0) is 18.1. The van der Waals surface area contributed by atoms with Gasteiger partial charge in [0.05, 0.1) is 26.2 Å². The van der Waals surface area contributed by atoms with Gasteiger partial charge >= 0.3 is 0 Å². The van der Waals surface area contributed by atoms with Gasteiger partial charge in [-0.25, -0.2) is 0 Å². The molecule has 4 N–H and O–H groups in total. The number of rotatable bonds is 9. The summed E-state index contributed by atoms with van der Waals surface area (Å²) in [6.45, 7) is 5.73. The largest absolute Gasteiger partial charge is 0.493 e. The molecule has 0 fully saturated rings. The van der Waals surface area contributed by atoms with Crippen molar-refractivity contribution in [1.29, 1.82) is 0 Å². The molecule has 0 saturated carbocycles. The van der Waals surface area contributed by atoms with Gasteiger partial charge in [-0.15, -0.1) is 12.4 Å². The molecule has 0 aliphatic carbocycles. The number of halogens is 1. The first kappa shape index (κ1) is 23.0. The number of amides is 2. The van der Waals surface area contributed by atoms with E-state index in [1.54, 1.807) is 19.2 Å². The van der Waals surface area contributed by atoms with Gasteiger partial charge < -0.3 is 25.8 Å². The summed E-state index contributed by atoms with van der Waals surface area (Å²) >= 11 is 0. The van der Waals surface area contributed by atoms with Crippen LogP contribution >= 0.6 is 12.4 Å². The number of benzene rings is 1. The van der Waals surface area contributed by atoms with Crippen molar-refractivity contribution in [3.63, 3.8) is 0 Å². The Morgan fingerprint density at radius 2 is 1.72 bits per heavy atom. The second-order valence-corrected chi connectivity index (χ2v) is 5.87. The molecule has 1 rings (SSSR count). The van der Waals surface area contributed by atoms with Crippen LogP contribution in [0.1, 0.15) is 20.8 Å². The highest BCUT2D eigenvalue weighted by molar-refractivity contribution is 5.87. The molecule has 0 aliphatic heterocycles. The Labute approximate surface area is 155 Å². The average molecular weight is 374 g/mol. The van der Waals surface area contributed by atoms with Crippen LogP contribution in [0.5, 0.6) is 11.5 Å². The monoisotopic (exact) mass is 373 g/mol. The molecule has 0 bridgehead atoms. The molecule has 142 valence electrons. The van der Waals surface area contributed by atoms with Crippen LogP contribution in [0.4, 0.5) is 0 Å². The van der Waals surface area contributed by atoms with Gasteiger partial charge in [-0.3, -0.25) is 9.59 Å². The Hall–Kier alpha value is -1.99. The summed E-state index contributed by atoms with van der Waals surface area (Å²) in [5, 5.41) is 5.22. The lowest BCUT2D eigenvalue weighted by Crippen LogP contribution is -2.47. The summed E-state index contributed by atoms with van der Waals surface area (Å²) in [6.07, 6.45) is -0.251. The van der Waals surface area contributed by atoms with Crippen molar-refractivity contribution in [2.75, 3.05) is 20.2 Å². The lowest BCUT2D eigenvalue weighted by atomic mass is 10.1. The first-order chi connectivity index (χ1) is 11.3. The highest BCUT2D eigenvalue weighted by atomic mass is 35.5. The number of methoxy groups -OCH3 is 1. The van der Waals surface area contributed by atoms with Gasteiger partial charge in [-0.05, 0) is 25.0 Å². The summed E-state index contributed by atoms with van der Waals surface area (Å²) in [7, 11) is 1.57. The maximum Gasteiger partial charge on any atom is 0.239 e.